The molecule has 29 heavy (non-hydrogen) atoms. The number of esters is 1. The van der Waals surface area contributed by atoms with Crippen molar-refractivity contribution in [1.82, 2.24) is 5.32 Å². The summed E-state index contributed by atoms with van der Waals surface area (Å²) in [4.78, 5) is 24.9. The van der Waals surface area contributed by atoms with Crippen LogP contribution in [0, 0.1) is 5.92 Å². The van der Waals surface area contributed by atoms with Gasteiger partial charge in [0.2, 0.25) is 0 Å². The van der Waals surface area contributed by atoms with Crippen LogP contribution in [0.2, 0.25) is 0 Å². The molecule has 0 amide bonds. The monoisotopic (exact) mass is 415 g/mol. The predicted octanol–water partition coefficient (Wildman–Crippen LogP) is 4.78. The van der Waals surface area contributed by atoms with Crippen LogP contribution in [-0.2, 0) is 14.3 Å². The summed E-state index contributed by atoms with van der Waals surface area (Å²) in [5.74, 6) is 0.945. The Bertz CT molecular complexity index is 885. The number of allylic oxidation sites excluding steroid dienone is 2. The van der Waals surface area contributed by atoms with E-state index in [0.717, 1.165) is 16.2 Å². The summed E-state index contributed by atoms with van der Waals surface area (Å²) < 4.78 is 10.4. The van der Waals surface area contributed by atoms with Crippen molar-refractivity contribution in [2.45, 2.75) is 49.8 Å². The molecule has 2 aliphatic heterocycles. The molecule has 0 spiro atoms. The van der Waals surface area contributed by atoms with Crippen LogP contribution in [-0.4, -0.2) is 29.6 Å². The average molecular weight is 416 g/mol. The second kappa shape index (κ2) is 8.53. The molecule has 1 atom stereocenters. The van der Waals surface area contributed by atoms with E-state index in [1.54, 1.807) is 18.7 Å². The Balaban J connectivity index is 1.69. The molecule has 154 valence electrons. The van der Waals surface area contributed by atoms with Crippen molar-refractivity contribution in [1.29, 1.82) is 0 Å². The third kappa shape index (κ3) is 4.15. The molecular formula is C22H25NO5S. The zero-order valence-corrected chi connectivity index (χ0v) is 17.2. The third-order valence-electron chi connectivity index (χ3n) is 5.78. The van der Waals surface area contributed by atoms with Gasteiger partial charge in [-0.05, 0) is 37.3 Å². The molecule has 4 rings (SSSR count). The number of carbonyl (C=O) groups is 2. The van der Waals surface area contributed by atoms with E-state index < -0.39 is 18.0 Å². The van der Waals surface area contributed by atoms with E-state index in [1.807, 2.05) is 24.3 Å². The lowest BCUT2D eigenvalue weighted by Crippen LogP contribution is -2.28. The Morgan fingerprint density at radius 1 is 1.28 bits per heavy atom. The van der Waals surface area contributed by atoms with E-state index in [1.165, 1.54) is 32.1 Å². The minimum absolute atomic E-state index is 0.166. The van der Waals surface area contributed by atoms with Crippen LogP contribution in [0.25, 0.3) is 0 Å². The summed E-state index contributed by atoms with van der Waals surface area (Å²) in [6.45, 7) is 1.93. The van der Waals surface area contributed by atoms with Gasteiger partial charge in [-0.25, -0.2) is 9.59 Å². The van der Waals surface area contributed by atoms with Crippen LogP contribution < -0.4 is 5.32 Å². The van der Waals surface area contributed by atoms with Crippen LogP contribution in [0.1, 0.15) is 50.5 Å². The molecule has 0 saturated heterocycles. The van der Waals surface area contributed by atoms with Gasteiger partial charge in [0.15, 0.2) is 0 Å². The molecule has 1 aromatic carbocycles. The molecule has 1 aliphatic carbocycles. The van der Waals surface area contributed by atoms with E-state index in [2.05, 4.69) is 5.32 Å². The summed E-state index contributed by atoms with van der Waals surface area (Å²) in [7, 11) is 0. The first kappa shape index (κ1) is 19.9. The summed E-state index contributed by atoms with van der Waals surface area (Å²) in [5, 5.41) is 12.4. The van der Waals surface area contributed by atoms with Crippen LogP contribution in [0.5, 0.6) is 0 Å². The molecule has 0 aromatic heterocycles. The third-order valence-corrected chi connectivity index (χ3v) is 7.10. The van der Waals surface area contributed by atoms with Crippen molar-refractivity contribution in [2.75, 3.05) is 12.4 Å². The van der Waals surface area contributed by atoms with Gasteiger partial charge in [-0.15, -0.1) is 11.8 Å². The molecule has 0 bridgehead atoms. The van der Waals surface area contributed by atoms with Crippen LogP contribution in [0.3, 0.4) is 0 Å². The fourth-order valence-corrected chi connectivity index (χ4v) is 5.66. The molecule has 1 fully saturated rings. The quantitative estimate of drug-likeness (QED) is 0.529. The number of carbonyl (C=O) groups excluding carboxylic acids is 1. The average Bonchev–Trinajstić information content (AvgIpc) is 3.08. The van der Waals surface area contributed by atoms with Crippen LogP contribution in [0.4, 0.5) is 4.79 Å². The van der Waals surface area contributed by atoms with Crippen molar-refractivity contribution in [3.63, 3.8) is 0 Å². The first-order chi connectivity index (χ1) is 14.0. The van der Waals surface area contributed by atoms with Gasteiger partial charge >= 0.3 is 12.1 Å². The number of rotatable bonds is 5. The Labute approximate surface area is 174 Å². The second-order valence-electron chi connectivity index (χ2n) is 7.74. The highest BCUT2D eigenvalue weighted by Crippen LogP contribution is 2.45. The van der Waals surface area contributed by atoms with Crippen molar-refractivity contribution in [3.8, 4) is 0 Å². The molecule has 7 heteroatoms. The number of nitrogens with one attached hydrogen (secondary N) is 1. The summed E-state index contributed by atoms with van der Waals surface area (Å²) in [6, 6.07) is 7.88. The van der Waals surface area contributed by atoms with Crippen molar-refractivity contribution in [3.05, 3.63) is 52.6 Å². The predicted molar refractivity (Wildman–Crippen MR) is 109 cm³/mol. The van der Waals surface area contributed by atoms with Gasteiger partial charge in [-0.3, -0.25) is 0 Å². The number of carboxylic acid groups (broad SMARTS) is 1. The molecule has 6 nitrogen and oxygen atoms in total. The number of hydrogen-bond acceptors (Lipinski definition) is 6. The number of dihydropyridines is 1. The van der Waals surface area contributed by atoms with Crippen molar-refractivity contribution >= 4 is 23.9 Å². The van der Waals surface area contributed by atoms with Gasteiger partial charge in [0.25, 0.3) is 0 Å². The molecule has 1 aromatic rings. The van der Waals surface area contributed by atoms with Crippen molar-refractivity contribution in [2.24, 2.45) is 5.92 Å². The Morgan fingerprint density at radius 3 is 2.79 bits per heavy atom. The number of thioether (sulfide) groups is 1. The standard InChI is InChI=1S/C22H25NO5S/c1-13-20(28-22(25)26)18(19-16(23-13)11-27-21(19)24)15-9-5-6-10-17(15)29-12-14-7-3-2-4-8-14/h5-6,9-10,14,18,23H,2-4,7-8,11-12H2,1H3,(H,25,26). The zero-order valence-electron chi connectivity index (χ0n) is 16.4. The van der Waals surface area contributed by atoms with E-state index in [4.69, 9.17) is 9.47 Å². The Kier molecular flexibility index (Phi) is 5.85. The smallest absolute Gasteiger partial charge is 0.456 e. The highest BCUT2D eigenvalue weighted by molar-refractivity contribution is 7.99. The minimum Gasteiger partial charge on any atom is -0.456 e. The fourth-order valence-electron chi connectivity index (χ4n) is 4.39. The lowest BCUT2D eigenvalue weighted by atomic mass is 9.85. The Morgan fingerprint density at radius 2 is 2.03 bits per heavy atom. The maximum absolute atomic E-state index is 12.5. The second-order valence-corrected chi connectivity index (χ2v) is 8.80. The van der Waals surface area contributed by atoms with Gasteiger partial charge in [0.1, 0.15) is 12.4 Å². The lowest BCUT2D eigenvalue weighted by Gasteiger charge is -2.28. The topological polar surface area (TPSA) is 84.9 Å². The summed E-state index contributed by atoms with van der Waals surface area (Å²) >= 11 is 1.78. The lowest BCUT2D eigenvalue weighted by molar-refractivity contribution is -0.136. The van der Waals surface area contributed by atoms with E-state index in [9.17, 15) is 14.7 Å². The summed E-state index contributed by atoms with van der Waals surface area (Å²) in [5.41, 5.74) is 2.60. The zero-order chi connectivity index (χ0) is 20.4. The first-order valence-electron chi connectivity index (χ1n) is 10.0. The largest absolute Gasteiger partial charge is 0.511 e. The fraction of sp³-hybridized carbons (Fsp3) is 0.455. The number of benzene rings is 1. The molecule has 3 aliphatic rings. The molecule has 2 heterocycles. The van der Waals surface area contributed by atoms with Gasteiger partial charge in [0, 0.05) is 10.6 Å². The number of hydrogen-bond donors (Lipinski definition) is 2. The van der Waals surface area contributed by atoms with Gasteiger partial charge in [-0.2, -0.15) is 0 Å². The Hall–Kier alpha value is -2.41. The normalized spacial score (nSPS) is 22.2. The molecule has 0 radical (unpaired) electrons. The van der Waals surface area contributed by atoms with Gasteiger partial charge < -0.3 is 19.9 Å². The van der Waals surface area contributed by atoms with Crippen molar-refractivity contribution < 1.29 is 24.2 Å². The summed E-state index contributed by atoms with van der Waals surface area (Å²) in [6.07, 6.45) is 5.04. The SMILES string of the molecule is CC1=C(OC(=O)O)C(c2ccccc2SCC2CCCCC2)C2=C(COC2=O)N1. The number of ether oxygens (including phenoxy) is 2. The van der Waals surface area contributed by atoms with Gasteiger partial charge in [0.05, 0.1) is 22.9 Å². The number of cyclic esters (lactones) is 1. The first-order valence-corrected chi connectivity index (χ1v) is 11.0. The van der Waals surface area contributed by atoms with Crippen LogP contribution >= 0.6 is 11.8 Å². The minimum atomic E-state index is -1.39. The highest BCUT2D eigenvalue weighted by Gasteiger charge is 2.41. The van der Waals surface area contributed by atoms with E-state index >= 15 is 0 Å². The molecular weight excluding hydrogens is 390 g/mol. The van der Waals surface area contributed by atoms with Crippen LogP contribution in [0.15, 0.2) is 51.9 Å². The maximum atomic E-state index is 12.5. The molecule has 2 N–H and O–H groups in total. The van der Waals surface area contributed by atoms with Gasteiger partial charge in [-0.1, -0.05) is 37.5 Å². The highest BCUT2D eigenvalue weighted by atomic mass is 32.2. The molecule has 1 saturated carbocycles. The van der Waals surface area contributed by atoms with E-state index in [0.29, 0.717) is 22.9 Å². The molecule has 1 unspecified atom stereocenters. The van der Waals surface area contributed by atoms with E-state index in [-0.39, 0.29) is 12.4 Å². The maximum Gasteiger partial charge on any atom is 0.511 e.